The van der Waals surface area contributed by atoms with Gasteiger partial charge in [-0.1, -0.05) is 26.2 Å². The largest absolute Gasteiger partial charge is 0.391 e. The van der Waals surface area contributed by atoms with Crippen LogP contribution in [0.5, 0.6) is 0 Å². The third-order valence-corrected chi connectivity index (χ3v) is 3.72. The lowest BCUT2D eigenvalue weighted by atomic mass is 9.93. The fourth-order valence-corrected chi connectivity index (χ4v) is 2.62. The van der Waals surface area contributed by atoms with E-state index in [1.54, 1.807) is 4.68 Å². The summed E-state index contributed by atoms with van der Waals surface area (Å²) in [6.45, 7) is 2.10. The molecule has 0 bridgehead atoms. The number of hydrogen-bond acceptors (Lipinski definition) is 3. The number of nitrogens with one attached hydrogen (secondary N) is 2. The number of aliphatic hydroxyl groups is 1. The highest BCUT2D eigenvalue weighted by atomic mass is 16.3. The number of aliphatic hydroxyl groups excluding tert-OH is 1. The van der Waals surface area contributed by atoms with Crippen molar-refractivity contribution in [2.75, 3.05) is 5.32 Å². The van der Waals surface area contributed by atoms with E-state index in [-0.39, 0.29) is 12.1 Å². The second kappa shape index (κ2) is 6.74. The molecule has 0 aromatic carbocycles. The molecule has 1 fully saturated rings. The van der Waals surface area contributed by atoms with Gasteiger partial charge in [0.05, 0.1) is 17.8 Å². The number of aromatic nitrogens is 2. The molecule has 2 atom stereocenters. The van der Waals surface area contributed by atoms with Crippen molar-refractivity contribution in [3.05, 3.63) is 11.8 Å². The summed E-state index contributed by atoms with van der Waals surface area (Å²) in [5, 5.41) is 19.8. The molecule has 1 aromatic rings. The third kappa shape index (κ3) is 3.72. The Bertz CT molecular complexity index is 458. The van der Waals surface area contributed by atoms with Gasteiger partial charge in [0.25, 0.3) is 0 Å². The van der Waals surface area contributed by atoms with Gasteiger partial charge in [-0.2, -0.15) is 5.10 Å². The lowest BCUT2D eigenvalue weighted by Crippen LogP contribution is -2.46. The topological polar surface area (TPSA) is 79.2 Å². The van der Waals surface area contributed by atoms with E-state index in [0.717, 1.165) is 44.2 Å². The quantitative estimate of drug-likeness (QED) is 0.787. The molecule has 6 nitrogen and oxygen atoms in total. The molecule has 1 aliphatic carbocycles. The van der Waals surface area contributed by atoms with Gasteiger partial charge in [-0.3, -0.25) is 10.00 Å². The van der Waals surface area contributed by atoms with Crippen molar-refractivity contribution in [2.45, 2.75) is 57.6 Å². The van der Waals surface area contributed by atoms with E-state index in [9.17, 15) is 9.90 Å². The Kier molecular flexibility index (Phi) is 5.00. The summed E-state index contributed by atoms with van der Waals surface area (Å²) < 4.78 is 1.67. The van der Waals surface area contributed by atoms with E-state index < -0.39 is 6.10 Å². The average molecular weight is 280 g/mol. The number of carbonyl (C=O) groups excluding carboxylic acids is 1. The van der Waals surface area contributed by atoms with Crippen LogP contribution in [0.3, 0.4) is 0 Å². The zero-order valence-electron chi connectivity index (χ0n) is 12.2. The van der Waals surface area contributed by atoms with Crippen LogP contribution in [0.2, 0.25) is 0 Å². The molecule has 0 aliphatic heterocycles. The first-order valence-corrected chi connectivity index (χ1v) is 7.38. The van der Waals surface area contributed by atoms with Crippen LogP contribution in [0.4, 0.5) is 10.6 Å². The Balaban J connectivity index is 1.90. The summed E-state index contributed by atoms with van der Waals surface area (Å²) in [6.07, 6.45) is 5.17. The van der Waals surface area contributed by atoms with E-state index in [1.165, 1.54) is 0 Å². The molecule has 1 heterocycles. The van der Waals surface area contributed by atoms with Gasteiger partial charge in [0.1, 0.15) is 5.82 Å². The van der Waals surface area contributed by atoms with Crippen molar-refractivity contribution in [3.8, 4) is 0 Å². The molecular weight excluding hydrogens is 256 g/mol. The molecule has 2 rings (SSSR count). The number of urea groups is 1. The van der Waals surface area contributed by atoms with Gasteiger partial charge in [-0.05, 0) is 19.3 Å². The molecule has 0 radical (unpaired) electrons. The minimum absolute atomic E-state index is 0.146. The van der Waals surface area contributed by atoms with Crippen molar-refractivity contribution in [1.29, 1.82) is 0 Å². The third-order valence-electron chi connectivity index (χ3n) is 3.72. The smallest absolute Gasteiger partial charge is 0.320 e. The first-order chi connectivity index (χ1) is 9.60. The van der Waals surface area contributed by atoms with Crippen LogP contribution in [0.1, 0.15) is 44.7 Å². The average Bonchev–Trinajstić information content (AvgIpc) is 2.73. The maximum atomic E-state index is 12.0. The summed E-state index contributed by atoms with van der Waals surface area (Å²) in [7, 11) is 1.81. The van der Waals surface area contributed by atoms with Crippen LogP contribution in [-0.2, 0) is 13.5 Å². The van der Waals surface area contributed by atoms with Crippen molar-refractivity contribution in [2.24, 2.45) is 7.05 Å². The minimum atomic E-state index is -0.434. The monoisotopic (exact) mass is 280 g/mol. The van der Waals surface area contributed by atoms with E-state index in [4.69, 9.17) is 0 Å². The fourth-order valence-electron chi connectivity index (χ4n) is 2.62. The zero-order chi connectivity index (χ0) is 14.5. The normalized spacial score (nSPS) is 22.6. The number of rotatable bonds is 4. The zero-order valence-corrected chi connectivity index (χ0v) is 12.2. The summed E-state index contributed by atoms with van der Waals surface area (Å²) >= 11 is 0. The molecule has 0 spiro atoms. The number of carbonyl (C=O) groups is 1. The summed E-state index contributed by atoms with van der Waals surface area (Å²) in [5.74, 6) is 0.677. The molecule has 2 amide bonds. The van der Waals surface area contributed by atoms with Crippen molar-refractivity contribution < 1.29 is 9.90 Å². The Morgan fingerprint density at radius 3 is 2.95 bits per heavy atom. The molecule has 1 aromatic heterocycles. The van der Waals surface area contributed by atoms with E-state index >= 15 is 0 Å². The number of amides is 2. The highest BCUT2D eigenvalue weighted by molar-refractivity contribution is 5.88. The van der Waals surface area contributed by atoms with Gasteiger partial charge in [0.15, 0.2) is 0 Å². The first kappa shape index (κ1) is 14.8. The fraction of sp³-hybridized carbons (Fsp3) is 0.714. The van der Waals surface area contributed by atoms with Gasteiger partial charge in [0, 0.05) is 13.1 Å². The number of anilines is 1. The molecule has 2 unspecified atom stereocenters. The first-order valence-electron chi connectivity index (χ1n) is 7.38. The van der Waals surface area contributed by atoms with Crippen LogP contribution in [0, 0.1) is 0 Å². The van der Waals surface area contributed by atoms with Crippen LogP contribution < -0.4 is 10.6 Å². The molecule has 1 saturated carbocycles. The van der Waals surface area contributed by atoms with Gasteiger partial charge in [-0.25, -0.2) is 4.79 Å². The Labute approximate surface area is 119 Å². The molecule has 6 heteroatoms. The molecule has 112 valence electrons. The van der Waals surface area contributed by atoms with E-state index in [1.807, 2.05) is 13.1 Å². The summed E-state index contributed by atoms with van der Waals surface area (Å²) in [4.78, 5) is 12.0. The maximum absolute atomic E-state index is 12.0. The molecule has 1 aliphatic rings. The van der Waals surface area contributed by atoms with Crippen molar-refractivity contribution >= 4 is 11.8 Å². The SMILES string of the molecule is CCCc1cc(NC(=O)NC2CCCCC2O)n(C)n1. The number of aryl methyl sites for hydroxylation is 2. The number of hydrogen-bond donors (Lipinski definition) is 3. The second-order valence-electron chi connectivity index (χ2n) is 5.45. The van der Waals surface area contributed by atoms with E-state index in [0.29, 0.717) is 5.82 Å². The maximum Gasteiger partial charge on any atom is 0.320 e. The lowest BCUT2D eigenvalue weighted by molar-refractivity contribution is 0.0955. The molecular formula is C14H24N4O2. The van der Waals surface area contributed by atoms with Crippen LogP contribution in [0.25, 0.3) is 0 Å². The van der Waals surface area contributed by atoms with Crippen molar-refractivity contribution in [3.63, 3.8) is 0 Å². The number of nitrogens with zero attached hydrogens (tertiary/aromatic N) is 2. The molecule has 20 heavy (non-hydrogen) atoms. The minimum Gasteiger partial charge on any atom is -0.391 e. The molecule has 3 N–H and O–H groups in total. The van der Waals surface area contributed by atoms with Crippen molar-refractivity contribution in [1.82, 2.24) is 15.1 Å². The second-order valence-corrected chi connectivity index (χ2v) is 5.45. The predicted octanol–water partition coefficient (Wildman–Crippen LogP) is 1.80. The van der Waals surface area contributed by atoms with Crippen LogP contribution in [-0.4, -0.2) is 33.1 Å². The predicted molar refractivity (Wildman–Crippen MR) is 77.6 cm³/mol. The van der Waals surface area contributed by atoms with Gasteiger partial charge in [0.2, 0.25) is 0 Å². The standard InChI is InChI=1S/C14H24N4O2/c1-3-6-10-9-13(18(2)17-10)16-14(20)15-11-7-4-5-8-12(11)19/h9,11-12,19H,3-8H2,1-2H3,(H2,15,16,20). The summed E-state index contributed by atoms with van der Waals surface area (Å²) in [6, 6.07) is 1.47. The van der Waals surface area contributed by atoms with Gasteiger partial charge >= 0.3 is 6.03 Å². The summed E-state index contributed by atoms with van der Waals surface area (Å²) in [5.41, 5.74) is 0.975. The highest BCUT2D eigenvalue weighted by Crippen LogP contribution is 2.18. The van der Waals surface area contributed by atoms with Crippen LogP contribution >= 0.6 is 0 Å². The van der Waals surface area contributed by atoms with E-state index in [2.05, 4.69) is 22.7 Å². The Morgan fingerprint density at radius 1 is 1.50 bits per heavy atom. The Hall–Kier alpha value is -1.56. The lowest BCUT2D eigenvalue weighted by Gasteiger charge is -2.28. The van der Waals surface area contributed by atoms with Gasteiger partial charge < -0.3 is 10.4 Å². The highest BCUT2D eigenvalue weighted by Gasteiger charge is 2.24. The van der Waals surface area contributed by atoms with Gasteiger partial charge in [-0.15, -0.1) is 0 Å². The Morgan fingerprint density at radius 2 is 2.25 bits per heavy atom. The molecule has 0 saturated heterocycles. The van der Waals surface area contributed by atoms with Crippen LogP contribution in [0.15, 0.2) is 6.07 Å².